The maximum atomic E-state index is 12.2. The molecule has 0 bridgehead atoms. The topological polar surface area (TPSA) is 23.6 Å². The lowest BCUT2D eigenvalue weighted by atomic mass is 10.0. The van der Waals surface area contributed by atoms with E-state index >= 15 is 0 Å². The highest BCUT2D eigenvalue weighted by atomic mass is 32.2. The molecule has 0 spiro atoms. The third-order valence-electron chi connectivity index (χ3n) is 4.52. The molecule has 4 rings (SSSR count). The van der Waals surface area contributed by atoms with Gasteiger partial charge in [0, 0.05) is 18.5 Å². The molecule has 2 aliphatic heterocycles. The van der Waals surface area contributed by atoms with E-state index in [-0.39, 0.29) is 5.91 Å². The van der Waals surface area contributed by atoms with Crippen LogP contribution in [0.25, 0.3) is 11.1 Å². The van der Waals surface area contributed by atoms with Crippen LogP contribution in [0.5, 0.6) is 0 Å². The van der Waals surface area contributed by atoms with Crippen molar-refractivity contribution in [1.82, 2.24) is 4.90 Å². The number of amides is 1. The monoisotopic (exact) mass is 410 g/mol. The summed E-state index contributed by atoms with van der Waals surface area (Å²) in [6, 6.07) is 17.0. The molecule has 2 aromatic carbocycles. The third-order valence-corrected chi connectivity index (χ3v) is 7.15. The minimum absolute atomic E-state index is 0.0308. The van der Waals surface area contributed by atoms with Gasteiger partial charge in [-0.1, -0.05) is 72.1 Å². The zero-order valence-electron chi connectivity index (χ0n) is 15.0. The van der Waals surface area contributed by atoms with Crippen LogP contribution in [0.15, 0.2) is 75.5 Å². The normalized spacial score (nSPS) is 19.5. The van der Waals surface area contributed by atoms with Gasteiger partial charge in [-0.3, -0.25) is 9.69 Å². The molecule has 3 nitrogen and oxygen atoms in total. The van der Waals surface area contributed by atoms with E-state index in [9.17, 15) is 4.79 Å². The molecule has 2 heterocycles. The van der Waals surface area contributed by atoms with Gasteiger partial charge in [0.1, 0.15) is 4.32 Å². The van der Waals surface area contributed by atoms with E-state index in [2.05, 4.69) is 54.3 Å². The molecule has 0 saturated carbocycles. The summed E-state index contributed by atoms with van der Waals surface area (Å²) >= 11 is 8.29. The Morgan fingerprint density at radius 3 is 2.48 bits per heavy atom. The number of fused-ring (bicyclic) bond motifs is 1. The fraction of sp³-hybridized carbons (Fsp3) is 0.143. The van der Waals surface area contributed by atoms with Gasteiger partial charge in [-0.15, -0.1) is 0 Å². The standard InChI is InChI=1S/C21H18N2OS3/c1-3-23-16-13-15(14-7-5-4-6-8-14)9-10-17(16)26-19(23)12-11-18-20(24)22(2)21(25)27-18/h4-13H,3H2,1-2H3/b18-11+,19-12+. The molecule has 1 fully saturated rings. The lowest BCUT2D eigenvalue weighted by Crippen LogP contribution is -2.22. The molecule has 136 valence electrons. The van der Waals surface area contributed by atoms with Gasteiger partial charge in [0.25, 0.3) is 5.91 Å². The summed E-state index contributed by atoms with van der Waals surface area (Å²) < 4.78 is 0.604. The maximum absolute atomic E-state index is 12.2. The minimum atomic E-state index is -0.0308. The smallest absolute Gasteiger partial charge is 0.265 e. The number of benzene rings is 2. The number of carbonyl (C=O) groups is 1. The van der Waals surface area contributed by atoms with Gasteiger partial charge >= 0.3 is 0 Å². The van der Waals surface area contributed by atoms with Gasteiger partial charge in [-0.25, -0.2) is 0 Å². The van der Waals surface area contributed by atoms with E-state index < -0.39 is 0 Å². The summed E-state index contributed by atoms with van der Waals surface area (Å²) in [7, 11) is 1.72. The average Bonchev–Trinajstić information content (AvgIpc) is 3.18. The summed E-state index contributed by atoms with van der Waals surface area (Å²) in [6.45, 7) is 3.01. The Balaban J connectivity index is 1.65. The van der Waals surface area contributed by atoms with Crippen LogP contribution in [0, 0.1) is 0 Å². The average molecular weight is 411 g/mol. The second-order valence-electron chi connectivity index (χ2n) is 6.16. The maximum Gasteiger partial charge on any atom is 0.265 e. The molecule has 1 saturated heterocycles. The Morgan fingerprint density at radius 1 is 1.04 bits per heavy atom. The molecular formula is C21H18N2OS3. The first-order valence-corrected chi connectivity index (χ1v) is 10.7. The quantitative estimate of drug-likeness (QED) is 0.491. The first-order chi connectivity index (χ1) is 13.1. The predicted octanol–water partition coefficient (Wildman–Crippen LogP) is 5.50. The fourth-order valence-electron chi connectivity index (χ4n) is 3.07. The Kier molecular flexibility index (Phi) is 5.12. The second-order valence-corrected chi connectivity index (χ2v) is 8.90. The molecule has 2 aliphatic rings. The molecule has 0 atom stereocenters. The number of allylic oxidation sites excluding steroid dienone is 2. The number of likely N-dealkylation sites (N-methyl/N-ethyl adjacent to an activating group) is 1. The van der Waals surface area contributed by atoms with Gasteiger partial charge in [-0.2, -0.15) is 0 Å². The van der Waals surface area contributed by atoms with Gasteiger partial charge in [-0.05, 0) is 42.3 Å². The van der Waals surface area contributed by atoms with Crippen LogP contribution >= 0.6 is 35.7 Å². The molecule has 1 amide bonds. The van der Waals surface area contributed by atoms with Crippen molar-refractivity contribution >= 4 is 51.7 Å². The highest BCUT2D eigenvalue weighted by molar-refractivity contribution is 8.26. The van der Waals surface area contributed by atoms with E-state index in [4.69, 9.17) is 12.2 Å². The minimum Gasteiger partial charge on any atom is -0.335 e. The van der Waals surface area contributed by atoms with E-state index in [0.717, 1.165) is 11.6 Å². The first kappa shape index (κ1) is 18.3. The Morgan fingerprint density at radius 2 is 1.81 bits per heavy atom. The number of anilines is 1. The molecule has 0 aromatic heterocycles. The van der Waals surface area contributed by atoms with Crippen molar-refractivity contribution in [3.8, 4) is 11.1 Å². The van der Waals surface area contributed by atoms with Crippen molar-refractivity contribution < 1.29 is 4.79 Å². The molecule has 0 unspecified atom stereocenters. The van der Waals surface area contributed by atoms with Crippen LogP contribution in [0.1, 0.15) is 6.92 Å². The summed E-state index contributed by atoms with van der Waals surface area (Å²) in [5.74, 6) is -0.0308. The molecule has 6 heteroatoms. The van der Waals surface area contributed by atoms with Crippen LogP contribution in [-0.4, -0.2) is 28.7 Å². The van der Waals surface area contributed by atoms with Crippen molar-refractivity contribution in [2.75, 3.05) is 18.5 Å². The van der Waals surface area contributed by atoms with Crippen molar-refractivity contribution in [2.45, 2.75) is 11.8 Å². The van der Waals surface area contributed by atoms with Gasteiger partial charge in [0.15, 0.2) is 0 Å². The van der Waals surface area contributed by atoms with Gasteiger partial charge in [0.2, 0.25) is 0 Å². The molecule has 27 heavy (non-hydrogen) atoms. The first-order valence-electron chi connectivity index (χ1n) is 8.65. The van der Waals surface area contributed by atoms with Gasteiger partial charge < -0.3 is 4.90 Å². The van der Waals surface area contributed by atoms with Crippen molar-refractivity contribution in [1.29, 1.82) is 0 Å². The van der Waals surface area contributed by atoms with Crippen LogP contribution in [0.2, 0.25) is 0 Å². The molecular weight excluding hydrogens is 392 g/mol. The summed E-state index contributed by atoms with van der Waals surface area (Å²) in [6.07, 6.45) is 3.91. The number of nitrogens with zero attached hydrogens (tertiary/aromatic N) is 2. The van der Waals surface area contributed by atoms with Crippen molar-refractivity contribution in [2.24, 2.45) is 0 Å². The van der Waals surface area contributed by atoms with Crippen molar-refractivity contribution in [3.05, 3.63) is 70.6 Å². The number of thioether (sulfide) groups is 2. The SMILES string of the molecule is CCN1/C(=C\C=C2\SC(=S)N(C)C2=O)Sc2ccc(-c3ccccc3)cc21. The Labute approximate surface area is 173 Å². The number of thiocarbonyl (C=S) groups is 1. The molecule has 0 radical (unpaired) electrons. The van der Waals surface area contributed by atoms with Crippen LogP contribution in [0.3, 0.4) is 0 Å². The number of hydrogen-bond donors (Lipinski definition) is 0. The number of hydrogen-bond acceptors (Lipinski definition) is 5. The van der Waals surface area contributed by atoms with E-state index in [1.807, 2.05) is 18.2 Å². The van der Waals surface area contributed by atoms with Crippen LogP contribution in [0.4, 0.5) is 5.69 Å². The summed E-state index contributed by atoms with van der Waals surface area (Å²) in [5.41, 5.74) is 3.64. The molecule has 2 aromatic rings. The second kappa shape index (κ2) is 7.54. The van der Waals surface area contributed by atoms with E-state index in [1.165, 1.54) is 38.4 Å². The predicted molar refractivity (Wildman–Crippen MR) is 120 cm³/mol. The third kappa shape index (κ3) is 3.45. The summed E-state index contributed by atoms with van der Waals surface area (Å²) in [5, 5.41) is 1.12. The Hall–Kier alpha value is -2.02. The van der Waals surface area contributed by atoms with E-state index in [0.29, 0.717) is 9.23 Å². The summed E-state index contributed by atoms with van der Waals surface area (Å²) in [4.78, 5) is 17.9. The Bertz CT molecular complexity index is 982. The lowest BCUT2D eigenvalue weighted by Gasteiger charge is -2.18. The van der Waals surface area contributed by atoms with E-state index in [1.54, 1.807) is 18.8 Å². The lowest BCUT2D eigenvalue weighted by molar-refractivity contribution is -0.121. The zero-order valence-corrected chi connectivity index (χ0v) is 17.5. The van der Waals surface area contributed by atoms with Crippen LogP contribution in [-0.2, 0) is 4.79 Å². The molecule has 0 aliphatic carbocycles. The largest absolute Gasteiger partial charge is 0.335 e. The van der Waals surface area contributed by atoms with Gasteiger partial charge in [0.05, 0.1) is 15.6 Å². The number of carbonyl (C=O) groups excluding carboxylic acids is 1. The van der Waals surface area contributed by atoms with Crippen molar-refractivity contribution in [3.63, 3.8) is 0 Å². The molecule has 0 N–H and O–H groups in total. The highest BCUT2D eigenvalue weighted by Crippen LogP contribution is 2.47. The highest BCUT2D eigenvalue weighted by Gasteiger charge is 2.29. The zero-order chi connectivity index (χ0) is 19.0. The van der Waals surface area contributed by atoms with Crippen LogP contribution < -0.4 is 4.90 Å². The number of rotatable bonds is 3. The fourth-order valence-corrected chi connectivity index (χ4v) is 5.30.